The van der Waals surface area contributed by atoms with Gasteiger partial charge in [-0.2, -0.15) is 0 Å². The maximum atomic E-state index is 12.7. The minimum absolute atomic E-state index is 0.0147. The third-order valence-corrected chi connectivity index (χ3v) is 5.39. The van der Waals surface area contributed by atoms with Gasteiger partial charge < -0.3 is 10.0 Å². The zero-order valence-electron chi connectivity index (χ0n) is 11.9. The molecular weight excluding hydrogens is 240 g/mol. The third kappa shape index (κ3) is 2.40. The van der Waals surface area contributed by atoms with Gasteiger partial charge >= 0.3 is 0 Å². The molecule has 19 heavy (non-hydrogen) atoms. The quantitative estimate of drug-likeness (QED) is 0.776. The molecule has 2 aliphatic heterocycles. The predicted molar refractivity (Wildman–Crippen MR) is 73.7 cm³/mol. The Morgan fingerprint density at radius 1 is 1.11 bits per heavy atom. The summed E-state index contributed by atoms with van der Waals surface area (Å²) in [5, 5.41) is 10.2. The van der Waals surface area contributed by atoms with Gasteiger partial charge in [0, 0.05) is 19.1 Å². The predicted octanol–water partition coefficient (Wildman–Crippen LogP) is 1.23. The highest BCUT2D eigenvalue weighted by Crippen LogP contribution is 2.39. The van der Waals surface area contributed by atoms with Crippen molar-refractivity contribution >= 4 is 5.91 Å². The van der Waals surface area contributed by atoms with E-state index in [0.717, 1.165) is 45.2 Å². The lowest BCUT2D eigenvalue weighted by Crippen LogP contribution is -2.50. The first-order valence-electron chi connectivity index (χ1n) is 7.87. The molecule has 2 saturated heterocycles. The van der Waals surface area contributed by atoms with E-state index in [-0.39, 0.29) is 18.2 Å². The number of likely N-dealkylation sites (tertiary alicyclic amines) is 2. The van der Waals surface area contributed by atoms with Gasteiger partial charge in [0.05, 0.1) is 12.1 Å². The molecule has 4 heteroatoms. The van der Waals surface area contributed by atoms with Gasteiger partial charge in [0.1, 0.15) is 0 Å². The Morgan fingerprint density at radius 3 is 2.53 bits per heavy atom. The summed E-state index contributed by atoms with van der Waals surface area (Å²) in [7, 11) is 2.03. The Morgan fingerprint density at radius 2 is 1.84 bits per heavy atom. The second kappa shape index (κ2) is 5.41. The van der Waals surface area contributed by atoms with Crippen LogP contribution in [0.15, 0.2) is 0 Å². The van der Waals surface area contributed by atoms with E-state index < -0.39 is 0 Å². The van der Waals surface area contributed by atoms with Crippen molar-refractivity contribution in [2.24, 2.45) is 5.92 Å². The molecule has 3 rings (SSSR count). The highest BCUT2D eigenvalue weighted by molar-refractivity contribution is 5.82. The van der Waals surface area contributed by atoms with Crippen LogP contribution in [0.25, 0.3) is 0 Å². The molecule has 1 amide bonds. The van der Waals surface area contributed by atoms with Crippen LogP contribution in [0.3, 0.4) is 0 Å². The van der Waals surface area contributed by atoms with E-state index in [1.54, 1.807) is 0 Å². The number of nitrogens with zero attached hydrogens (tertiary/aromatic N) is 2. The fourth-order valence-corrected chi connectivity index (χ4v) is 4.37. The summed E-state index contributed by atoms with van der Waals surface area (Å²) in [6.07, 6.45) is 7.46. The molecule has 2 heterocycles. The number of carbonyl (C=O) groups excluding carboxylic acids is 1. The van der Waals surface area contributed by atoms with Crippen molar-refractivity contribution < 1.29 is 9.90 Å². The Kier molecular flexibility index (Phi) is 3.81. The Bertz CT molecular complexity index is 341. The van der Waals surface area contributed by atoms with Crippen molar-refractivity contribution in [2.45, 2.75) is 63.1 Å². The maximum absolute atomic E-state index is 12.7. The molecule has 4 nitrogen and oxygen atoms in total. The molecule has 0 aromatic carbocycles. The number of aliphatic hydroxyl groups excluding tert-OH is 1. The number of aliphatic hydroxyl groups is 1. The number of fused-ring (bicyclic) bond motifs is 1. The van der Waals surface area contributed by atoms with Gasteiger partial charge in [-0.05, 0) is 51.5 Å². The fourth-order valence-electron chi connectivity index (χ4n) is 4.37. The highest BCUT2D eigenvalue weighted by atomic mass is 16.3. The van der Waals surface area contributed by atoms with E-state index in [0.29, 0.717) is 11.8 Å². The first-order chi connectivity index (χ1) is 9.18. The summed E-state index contributed by atoms with van der Waals surface area (Å²) in [4.78, 5) is 16.9. The lowest BCUT2D eigenvalue weighted by molar-refractivity contribution is -0.137. The van der Waals surface area contributed by atoms with Gasteiger partial charge in [-0.3, -0.25) is 9.69 Å². The summed E-state index contributed by atoms with van der Waals surface area (Å²) in [6, 6.07) is 0.230. The number of piperidine rings is 1. The van der Waals surface area contributed by atoms with E-state index in [4.69, 9.17) is 0 Å². The molecule has 0 spiro atoms. The number of carbonyl (C=O) groups is 1. The molecule has 0 aromatic heterocycles. The van der Waals surface area contributed by atoms with Gasteiger partial charge in [-0.15, -0.1) is 0 Å². The van der Waals surface area contributed by atoms with Crippen LogP contribution in [-0.4, -0.2) is 59.1 Å². The largest absolute Gasteiger partial charge is 0.391 e. The van der Waals surface area contributed by atoms with Crippen molar-refractivity contribution in [3.05, 3.63) is 0 Å². The lowest BCUT2D eigenvalue weighted by atomic mass is 9.83. The van der Waals surface area contributed by atoms with Crippen LogP contribution in [-0.2, 0) is 4.79 Å². The van der Waals surface area contributed by atoms with Crippen molar-refractivity contribution in [1.29, 1.82) is 0 Å². The van der Waals surface area contributed by atoms with E-state index in [1.165, 1.54) is 12.8 Å². The van der Waals surface area contributed by atoms with Crippen LogP contribution in [0.2, 0.25) is 0 Å². The Labute approximate surface area is 115 Å². The van der Waals surface area contributed by atoms with Gasteiger partial charge in [0.25, 0.3) is 0 Å². The van der Waals surface area contributed by atoms with E-state index in [9.17, 15) is 9.90 Å². The van der Waals surface area contributed by atoms with Crippen LogP contribution in [0.4, 0.5) is 0 Å². The van der Waals surface area contributed by atoms with Crippen molar-refractivity contribution in [1.82, 2.24) is 9.80 Å². The van der Waals surface area contributed by atoms with E-state index >= 15 is 0 Å². The van der Waals surface area contributed by atoms with Crippen LogP contribution >= 0.6 is 0 Å². The van der Waals surface area contributed by atoms with Crippen molar-refractivity contribution in [2.75, 3.05) is 20.1 Å². The number of rotatable bonds is 1. The molecule has 3 aliphatic rings. The average molecular weight is 266 g/mol. The molecule has 0 radical (unpaired) electrons. The topological polar surface area (TPSA) is 43.8 Å². The zero-order valence-corrected chi connectivity index (χ0v) is 11.9. The van der Waals surface area contributed by atoms with E-state index in [2.05, 4.69) is 4.90 Å². The van der Waals surface area contributed by atoms with Crippen molar-refractivity contribution in [3.63, 3.8) is 0 Å². The third-order valence-electron chi connectivity index (χ3n) is 5.39. The van der Waals surface area contributed by atoms with Crippen LogP contribution in [0.5, 0.6) is 0 Å². The molecule has 108 valence electrons. The molecule has 1 aliphatic carbocycles. The normalized spacial score (nSPS) is 40.2. The summed E-state index contributed by atoms with van der Waals surface area (Å²) in [6.45, 7) is 1.86. The summed E-state index contributed by atoms with van der Waals surface area (Å²) >= 11 is 0. The molecule has 0 aromatic rings. The number of hydrogen-bond donors (Lipinski definition) is 1. The van der Waals surface area contributed by atoms with E-state index in [1.807, 2.05) is 11.9 Å². The number of likely N-dealkylation sites (N-methyl/N-ethyl adjacent to an activating group) is 1. The molecule has 3 fully saturated rings. The van der Waals surface area contributed by atoms with Crippen molar-refractivity contribution in [3.8, 4) is 0 Å². The van der Waals surface area contributed by atoms with Crippen LogP contribution in [0, 0.1) is 5.92 Å². The van der Waals surface area contributed by atoms with Gasteiger partial charge in [-0.25, -0.2) is 0 Å². The first kappa shape index (κ1) is 13.4. The summed E-state index contributed by atoms with van der Waals surface area (Å²) in [5.74, 6) is 0.830. The highest BCUT2D eigenvalue weighted by Gasteiger charge is 2.47. The monoisotopic (exact) mass is 266 g/mol. The number of hydrogen-bond acceptors (Lipinski definition) is 3. The summed E-state index contributed by atoms with van der Waals surface area (Å²) < 4.78 is 0. The van der Waals surface area contributed by atoms with Gasteiger partial charge in [0.15, 0.2) is 0 Å². The fraction of sp³-hybridized carbons (Fsp3) is 0.933. The average Bonchev–Trinajstić information content (AvgIpc) is 2.78. The van der Waals surface area contributed by atoms with Crippen LogP contribution in [0.1, 0.15) is 44.9 Å². The molecule has 1 saturated carbocycles. The number of amides is 1. The maximum Gasteiger partial charge on any atom is 0.239 e. The lowest BCUT2D eigenvalue weighted by Gasteiger charge is -2.36. The second-order valence-electron chi connectivity index (χ2n) is 6.55. The van der Waals surface area contributed by atoms with Gasteiger partial charge in [-0.1, -0.05) is 6.42 Å². The molecular formula is C15H26N2O2. The SMILES string of the molecule is CN1[C@@H]2[C@@H](CCC[C@@H]2O)C[C@H]1C(=O)N1CCCCC1. The minimum Gasteiger partial charge on any atom is -0.391 e. The molecule has 4 atom stereocenters. The van der Waals surface area contributed by atoms with Gasteiger partial charge in [0.2, 0.25) is 5.91 Å². The minimum atomic E-state index is -0.233. The smallest absolute Gasteiger partial charge is 0.239 e. The Balaban J connectivity index is 1.69. The molecule has 1 N–H and O–H groups in total. The standard InChI is InChI=1S/C15H26N2O2/c1-16-12(15(19)17-8-3-2-4-9-17)10-11-6-5-7-13(18)14(11)16/h11-14,18H,2-10H2,1H3/t11-,12-,13-,14+/m0/s1. The summed E-state index contributed by atoms with van der Waals surface area (Å²) in [5.41, 5.74) is 0. The van der Waals surface area contributed by atoms with Crippen LogP contribution < -0.4 is 0 Å². The second-order valence-corrected chi connectivity index (χ2v) is 6.55. The molecule has 0 bridgehead atoms. The first-order valence-corrected chi connectivity index (χ1v) is 7.87. The zero-order chi connectivity index (χ0) is 13.4. The Hall–Kier alpha value is -0.610. The molecule has 0 unspecified atom stereocenters.